The van der Waals surface area contributed by atoms with E-state index in [2.05, 4.69) is 15.9 Å². The van der Waals surface area contributed by atoms with E-state index in [1.165, 1.54) is 0 Å². The molecule has 2 aromatic rings. The molecule has 0 bridgehead atoms. The molecule has 2 rings (SSSR count). The van der Waals surface area contributed by atoms with E-state index >= 15 is 0 Å². The molecule has 0 aromatic heterocycles. The van der Waals surface area contributed by atoms with Gasteiger partial charge in [0.25, 0.3) is 0 Å². The van der Waals surface area contributed by atoms with Gasteiger partial charge in [-0.1, -0.05) is 29.8 Å². The van der Waals surface area contributed by atoms with Gasteiger partial charge in [0, 0.05) is 5.56 Å². The number of hydrogen-bond donors (Lipinski definition) is 1. The maximum absolute atomic E-state index is 9.28. The predicted octanol–water partition coefficient (Wildman–Crippen LogP) is 4.70. The van der Waals surface area contributed by atoms with Gasteiger partial charge >= 0.3 is 0 Å². The summed E-state index contributed by atoms with van der Waals surface area (Å²) in [5.41, 5.74) is 1.80. The lowest BCUT2D eigenvalue weighted by molar-refractivity contribution is 0.276. The quantitative estimate of drug-likeness (QED) is 0.885. The van der Waals surface area contributed by atoms with Gasteiger partial charge in [-0.2, -0.15) is 0 Å². The number of benzene rings is 2. The van der Waals surface area contributed by atoms with E-state index in [0.717, 1.165) is 10.0 Å². The van der Waals surface area contributed by atoms with E-state index in [1.54, 1.807) is 18.2 Å². The standard InChI is InChI=1S/C14H12BrClO2/c1-9-5-6-13(11(15)7-9)18-14-10(8-17)3-2-4-12(14)16/h2-7,17H,8H2,1H3. The number of para-hydroxylation sites is 1. The molecular weight excluding hydrogens is 316 g/mol. The smallest absolute Gasteiger partial charge is 0.151 e. The molecule has 94 valence electrons. The van der Waals surface area contributed by atoms with Crippen molar-refractivity contribution < 1.29 is 9.84 Å². The largest absolute Gasteiger partial charge is 0.454 e. The van der Waals surface area contributed by atoms with Gasteiger partial charge in [-0.25, -0.2) is 0 Å². The summed E-state index contributed by atoms with van der Waals surface area (Å²) >= 11 is 9.54. The van der Waals surface area contributed by atoms with Crippen LogP contribution in [0.25, 0.3) is 0 Å². The first kappa shape index (κ1) is 13.4. The summed E-state index contributed by atoms with van der Waals surface area (Å²) in [6, 6.07) is 11.1. The summed E-state index contributed by atoms with van der Waals surface area (Å²) in [5, 5.41) is 9.76. The molecule has 0 radical (unpaired) electrons. The van der Waals surface area contributed by atoms with E-state index < -0.39 is 0 Å². The average molecular weight is 328 g/mol. The Morgan fingerprint density at radius 3 is 2.72 bits per heavy atom. The van der Waals surface area contributed by atoms with Gasteiger partial charge in [-0.05, 0) is 46.6 Å². The molecule has 0 aliphatic carbocycles. The Morgan fingerprint density at radius 1 is 1.28 bits per heavy atom. The summed E-state index contributed by atoms with van der Waals surface area (Å²) in [5.74, 6) is 1.16. The van der Waals surface area contributed by atoms with Crippen molar-refractivity contribution in [3.8, 4) is 11.5 Å². The maximum Gasteiger partial charge on any atom is 0.151 e. The molecule has 18 heavy (non-hydrogen) atoms. The normalized spacial score (nSPS) is 10.4. The third-order valence-electron chi connectivity index (χ3n) is 2.52. The van der Waals surface area contributed by atoms with Gasteiger partial charge in [0.05, 0.1) is 16.1 Å². The van der Waals surface area contributed by atoms with Crippen LogP contribution in [0.5, 0.6) is 11.5 Å². The minimum absolute atomic E-state index is 0.112. The number of halogens is 2. The molecular formula is C14H12BrClO2. The Balaban J connectivity index is 2.39. The number of rotatable bonds is 3. The van der Waals surface area contributed by atoms with Crippen molar-refractivity contribution >= 4 is 27.5 Å². The summed E-state index contributed by atoms with van der Waals surface area (Å²) in [7, 11) is 0. The Hall–Kier alpha value is -1.03. The fraction of sp³-hybridized carbons (Fsp3) is 0.143. The molecule has 0 aliphatic rings. The van der Waals surface area contributed by atoms with E-state index in [0.29, 0.717) is 22.1 Å². The van der Waals surface area contributed by atoms with Crippen LogP contribution in [0.4, 0.5) is 0 Å². The van der Waals surface area contributed by atoms with Crippen LogP contribution >= 0.6 is 27.5 Å². The Labute approximate surface area is 119 Å². The van der Waals surface area contributed by atoms with E-state index in [9.17, 15) is 5.11 Å². The minimum Gasteiger partial charge on any atom is -0.454 e. The Morgan fingerprint density at radius 2 is 2.06 bits per heavy atom. The van der Waals surface area contributed by atoms with Crippen molar-refractivity contribution in [3.63, 3.8) is 0 Å². The van der Waals surface area contributed by atoms with E-state index in [1.807, 2.05) is 25.1 Å². The summed E-state index contributed by atoms with van der Waals surface area (Å²) in [6.07, 6.45) is 0. The Kier molecular flexibility index (Phi) is 4.27. The number of hydrogen-bond acceptors (Lipinski definition) is 2. The lowest BCUT2D eigenvalue weighted by Gasteiger charge is -2.13. The summed E-state index contributed by atoms with van der Waals surface area (Å²) < 4.78 is 6.63. The SMILES string of the molecule is Cc1ccc(Oc2c(Cl)cccc2CO)c(Br)c1. The monoisotopic (exact) mass is 326 g/mol. The van der Waals surface area contributed by atoms with Crippen LogP contribution < -0.4 is 4.74 Å². The fourth-order valence-electron chi connectivity index (χ4n) is 1.59. The van der Waals surface area contributed by atoms with Crippen molar-refractivity contribution in [2.24, 2.45) is 0 Å². The number of aliphatic hydroxyl groups is 1. The zero-order valence-electron chi connectivity index (χ0n) is 9.78. The minimum atomic E-state index is -0.112. The third-order valence-corrected chi connectivity index (χ3v) is 3.44. The molecule has 2 nitrogen and oxygen atoms in total. The van der Waals surface area contributed by atoms with Crippen LogP contribution in [0, 0.1) is 6.92 Å². The maximum atomic E-state index is 9.28. The molecule has 0 saturated carbocycles. The van der Waals surface area contributed by atoms with Gasteiger partial charge in [-0.3, -0.25) is 0 Å². The van der Waals surface area contributed by atoms with E-state index in [4.69, 9.17) is 16.3 Å². The fourth-order valence-corrected chi connectivity index (χ4v) is 2.40. The second kappa shape index (κ2) is 5.74. The molecule has 0 atom stereocenters. The second-order valence-corrected chi connectivity index (χ2v) is 5.18. The molecule has 1 N–H and O–H groups in total. The van der Waals surface area contributed by atoms with Gasteiger partial charge in [0.1, 0.15) is 5.75 Å². The van der Waals surface area contributed by atoms with Gasteiger partial charge in [-0.15, -0.1) is 0 Å². The van der Waals surface area contributed by atoms with Gasteiger partial charge in [0.2, 0.25) is 0 Å². The van der Waals surface area contributed by atoms with Crippen LogP contribution in [0.1, 0.15) is 11.1 Å². The highest BCUT2D eigenvalue weighted by Gasteiger charge is 2.10. The predicted molar refractivity (Wildman–Crippen MR) is 76.3 cm³/mol. The molecule has 0 amide bonds. The highest BCUT2D eigenvalue weighted by Crippen LogP contribution is 2.36. The molecule has 0 unspecified atom stereocenters. The zero-order valence-corrected chi connectivity index (χ0v) is 12.1. The van der Waals surface area contributed by atoms with Crippen LogP contribution in [0.3, 0.4) is 0 Å². The van der Waals surface area contributed by atoms with Gasteiger partial charge in [0.15, 0.2) is 5.75 Å². The third kappa shape index (κ3) is 2.86. The van der Waals surface area contributed by atoms with Crippen LogP contribution in [-0.4, -0.2) is 5.11 Å². The highest BCUT2D eigenvalue weighted by molar-refractivity contribution is 9.10. The number of ether oxygens (including phenoxy) is 1. The molecule has 2 aromatic carbocycles. The van der Waals surface area contributed by atoms with Crippen molar-refractivity contribution in [2.75, 3.05) is 0 Å². The molecule has 0 heterocycles. The topological polar surface area (TPSA) is 29.5 Å². The average Bonchev–Trinajstić information content (AvgIpc) is 2.34. The number of aliphatic hydroxyl groups excluding tert-OH is 1. The van der Waals surface area contributed by atoms with Crippen LogP contribution in [0.15, 0.2) is 40.9 Å². The van der Waals surface area contributed by atoms with E-state index in [-0.39, 0.29) is 6.61 Å². The molecule has 0 saturated heterocycles. The number of aryl methyl sites for hydroxylation is 1. The van der Waals surface area contributed by atoms with Crippen molar-refractivity contribution in [2.45, 2.75) is 13.5 Å². The van der Waals surface area contributed by atoms with Crippen LogP contribution in [-0.2, 0) is 6.61 Å². The molecule has 0 aliphatic heterocycles. The summed E-state index contributed by atoms with van der Waals surface area (Å²) in [6.45, 7) is 1.89. The first-order valence-electron chi connectivity index (χ1n) is 5.44. The van der Waals surface area contributed by atoms with Gasteiger partial charge < -0.3 is 9.84 Å². The summed E-state index contributed by atoms with van der Waals surface area (Å²) in [4.78, 5) is 0. The zero-order chi connectivity index (χ0) is 13.1. The lowest BCUT2D eigenvalue weighted by atomic mass is 10.2. The van der Waals surface area contributed by atoms with Crippen LogP contribution in [0.2, 0.25) is 5.02 Å². The molecule has 0 fully saturated rings. The lowest BCUT2D eigenvalue weighted by Crippen LogP contribution is -1.93. The first-order chi connectivity index (χ1) is 8.61. The highest BCUT2D eigenvalue weighted by atomic mass is 79.9. The van der Waals surface area contributed by atoms with Crippen molar-refractivity contribution in [1.82, 2.24) is 0 Å². The molecule has 4 heteroatoms. The van der Waals surface area contributed by atoms with Crippen molar-refractivity contribution in [3.05, 3.63) is 57.0 Å². The molecule has 0 spiro atoms. The van der Waals surface area contributed by atoms with Crippen molar-refractivity contribution in [1.29, 1.82) is 0 Å². The second-order valence-electron chi connectivity index (χ2n) is 3.92. The Bertz CT molecular complexity index is 570. The first-order valence-corrected chi connectivity index (χ1v) is 6.61.